The van der Waals surface area contributed by atoms with Crippen LogP contribution in [-0.2, 0) is 19.1 Å². The highest BCUT2D eigenvalue weighted by Gasteiger charge is 2.21. The van der Waals surface area contributed by atoms with Crippen molar-refractivity contribution in [1.29, 1.82) is 0 Å². The van der Waals surface area contributed by atoms with Crippen molar-refractivity contribution in [3.8, 4) is 5.69 Å². The number of aromatic nitrogens is 4. The van der Waals surface area contributed by atoms with E-state index in [1.807, 2.05) is 30.3 Å². The second-order valence-corrected chi connectivity index (χ2v) is 5.49. The number of fused-ring (bicyclic) bond motifs is 1. The highest BCUT2D eigenvalue weighted by atomic mass is 16.6. The molecule has 0 aliphatic rings. The number of ether oxygens (including phenoxy) is 2. The summed E-state index contributed by atoms with van der Waals surface area (Å²) in [7, 11) is 0. The molecule has 0 atom stereocenters. The number of carbonyl (C=O) groups is 2. The van der Waals surface area contributed by atoms with E-state index in [1.165, 1.54) is 12.5 Å². The Balaban J connectivity index is 1.95. The summed E-state index contributed by atoms with van der Waals surface area (Å²) < 4.78 is 11.5. The van der Waals surface area contributed by atoms with E-state index in [9.17, 15) is 9.59 Å². The molecule has 28 heavy (non-hydrogen) atoms. The van der Waals surface area contributed by atoms with Gasteiger partial charge in [0.1, 0.15) is 12.1 Å². The Morgan fingerprint density at radius 1 is 1.07 bits per heavy atom. The van der Waals surface area contributed by atoms with Gasteiger partial charge in [-0.05, 0) is 26.0 Å². The predicted molar refractivity (Wildman–Crippen MR) is 102 cm³/mol. The van der Waals surface area contributed by atoms with E-state index in [4.69, 9.17) is 9.47 Å². The summed E-state index contributed by atoms with van der Waals surface area (Å²) in [4.78, 5) is 32.6. The molecule has 1 N–H and O–H groups in total. The highest BCUT2D eigenvalue weighted by molar-refractivity contribution is 6.14. The minimum absolute atomic E-state index is 0.136. The van der Waals surface area contributed by atoms with Crippen LogP contribution in [0.3, 0.4) is 0 Å². The molecule has 0 radical (unpaired) electrons. The van der Waals surface area contributed by atoms with Gasteiger partial charge in [0.05, 0.1) is 30.5 Å². The number of carbonyl (C=O) groups excluding carboxylic acids is 2. The number of nitrogens with zero attached hydrogens (tertiary/aromatic N) is 4. The fraction of sp³-hybridized carbons (Fsp3) is 0.211. The van der Waals surface area contributed by atoms with Crippen molar-refractivity contribution in [3.63, 3.8) is 0 Å². The van der Waals surface area contributed by atoms with Gasteiger partial charge < -0.3 is 14.8 Å². The van der Waals surface area contributed by atoms with E-state index in [0.717, 1.165) is 5.69 Å². The molecule has 144 valence electrons. The standard InChI is InChI=1S/C19H19N5O4/c1-3-27-18(25)15(19(26)28-4-2)10-20-16-14-11-23-24(17(14)22-12-21-16)13-8-6-5-7-9-13/h5-12H,3-4H2,1-2H3,(H,20,21,22). The normalized spacial score (nSPS) is 10.4. The average molecular weight is 381 g/mol. The summed E-state index contributed by atoms with van der Waals surface area (Å²) in [6.45, 7) is 3.58. The Hall–Kier alpha value is -3.75. The summed E-state index contributed by atoms with van der Waals surface area (Å²) in [5, 5.41) is 7.84. The lowest BCUT2D eigenvalue weighted by Crippen LogP contribution is -2.19. The molecule has 0 spiro atoms. The van der Waals surface area contributed by atoms with Crippen LogP contribution in [0, 0.1) is 0 Å². The van der Waals surface area contributed by atoms with Crippen molar-refractivity contribution in [1.82, 2.24) is 19.7 Å². The average Bonchev–Trinajstić information content (AvgIpc) is 3.14. The Kier molecular flexibility index (Phi) is 5.95. The van der Waals surface area contributed by atoms with Crippen molar-refractivity contribution in [2.24, 2.45) is 0 Å². The van der Waals surface area contributed by atoms with Crippen LogP contribution in [0.1, 0.15) is 13.8 Å². The van der Waals surface area contributed by atoms with Gasteiger partial charge in [0.25, 0.3) is 0 Å². The van der Waals surface area contributed by atoms with Crippen LogP contribution in [0.5, 0.6) is 0 Å². The topological polar surface area (TPSA) is 108 Å². The first kappa shape index (κ1) is 19.0. The maximum Gasteiger partial charge on any atom is 0.347 e. The van der Waals surface area contributed by atoms with Gasteiger partial charge in [0.15, 0.2) is 11.2 Å². The summed E-state index contributed by atoms with van der Waals surface area (Å²) in [5.74, 6) is -1.17. The van der Waals surface area contributed by atoms with Gasteiger partial charge in [-0.2, -0.15) is 5.10 Å². The quantitative estimate of drug-likeness (QED) is 0.287. The lowest BCUT2D eigenvalue weighted by atomic mass is 10.3. The Bertz CT molecular complexity index is 994. The molecule has 0 saturated heterocycles. The lowest BCUT2D eigenvalue weighted by Gasteiger charge is -2.08. The number of para-hydroxylation sites is 1. The summed E-state index contributed by atoms with van der Waals surface area (Å²) in [6, 6.07) is 9.52. The summed E-state index contributed by atoms with van der Waals surface area (Å²) in [6.07, 6.45) is 4.19. The molecule has 3 rings (SSSR count). The molecule has 3 aromatic rings. The number of rotatable bonds is 7. The monoisotopic (exact) mass is 381 g/mol. The molecule has 1 aromatic carbocycles. The second kappa shape index (κ2) is 8.76. The third-order valence-electron chi connectivity index (χ3n) is 3.71. The molecule has 0 saturated carbocycles. The van der Waals surface area contributed by atoms with Gasteiger partial charge in [0, 0.05) is 6.20 Å². The van der Waals surface area contributed by atoms with Crippen LogP contribution in [0.2, 0.25) is 0 Å². The smallest absolute Gasteiger partial charge is 0.347 e. The lowest BCUT2D eigenvalue weighted by molar-refractivity contribution is -0.146. The molecule has 2 aromatic heterocycles. The first-order chi connectivity index (χ1) is 13.7. The van der Waals surface area contributed by atoms with Crippen molar-refractivity contribution in [2.75, 3.05) is 18.5 Å². The van der Waals surface area contributed by atoms with Gasteiger partial charge in [-0.1, -0.05) is 18.2 Å². The number of hydrogen-bond donors (Lipinski definition) is 1. The van der Waals surface area contributed by atoms with E-state index < -0.39 is 11.9 Å². The number of esters is 2. The molecule has 9 nitrogen and oxygen atoms in total. The number of hydrogen-bond acceptors (Lipinski definition) is 8. The van der Waals surface area contributed by atoms with Crippen LogP contribution < -0.4 is 5.32 Å². The van der Waals surface area contributed by atoms with E-state index in [2.05, 4.69) is 20.4 Å². The van der Waals surface area contributed by atoms with Crippen LogP contribution in [-0.4, -0.2) is 44.9 Å². The van der Waals surface area contributed by atoms with Gasteiger partial charge in [0.2, 0.25) is 0 Å². The molecule has 0 bridgehead atoms. The number of anilines is 1. The molecule has 0 unspecified atom stereocenters. The van der Waals surface area contributed by atoms with Gasteiger partial charge in [-0.25, -0.2) is 24.2 Å². The third-order valence-corrected chi connectivity index (χ3v) is 3.71. The van der Waals surface area contributed by atoms with E-state index in [1.54, 1.807) is 24.7 Å². The molecule has 0 aliphatic carbocycles. The van der Waals surface area contributed by atoms with E-state index in [0.29, 0.717) is 16.9 Å². The largest absolute Gasteiger partial charge is 0.462 e. The maximum absolute atomic E-state index is 12.1. The Morgan fingerprint density at radius 2 is 1.75 bits per heavy atom. The molecule has 0 aliphatic heterocycles. The van der Waals surface area contributed by atoms with Crippen LogP contribution in [0.4, 0.5) is 5.82 Å². The maximum atomic E-state index is 12.1. The SMILES string of the molecule is CCOC(=O)C(=CNc1ncnc2c1cnn2-c1ccccc1)C(=O)OCC. The zero-order valence-electron chi connectivity index (χ0n) is 15.5. The van der Waals surface area contributed by atoms with E-state index >= 15 is 0 Å². The van der Waals surface area contributed by atoms with Gasteiger partial charge in [-0.3, -0.25) is 0 Å². The van der Waals surface area contributed by atoms with Gasteiger partial charge in [-0.15, -0.1) is 0 Å². The Labute approximate surface area is 161 Å². The fourth-order valence-corrected chi connectivity index (χ4v) is 2.48. The van der Waals surface area contributed by atoms with E-state index in [-0.39, 0.29) is 18.8 Å². The van der Waals surface area contributed by atoms with Crippen LogP contribution in [0.15, 0.2) is 54.6 Å². The first-order valence-corrected chi connectivity index (χ1v) is 8.70. The minimum Gasteiger partial charge on any atom is -0.462 e. The van der Waals surface area contributed by atoms with Crippen molar-refractivity contribution < 1.29 is 19.1 Å². The van der Waals surface area contributed by atoms with Gasteiger partial charge >= 0.3 is 11.9 Å². The fourth-order valence-electron chi connectivity index (χ4n) is 2.48. The zero-order chi connectivity index (χ0) is 19.9. The molecule has 2 heterocycles. The molecule has 0 amide bonds. The second-order valence-electron chi connectivity index (χ2n) is 5.49. The molecule has 9 heteroatoms. The number of nitrogens with one attached hydrogen (secondary N) is 1. The van der Waals surface area contributed by atoms with Crippen molar-refractivity contribution in [3.05, 3.63) is 54.6 Å². The first-order valence-electron chi connectivity index (χ1n) is 8.70. The Morgan fingerprint density at radius 3 is 2.39 bits per heavy atom. The van der Waals surface area contributed by atoms with Crippen molar-refractivity contribution >= 4 is 28.8 Å². The third kappa shape index (κ3) is 3.98. The van der Waals surface area contributed by atoms with Crippen LogP contribution in [0.25, 0.3) is 16.7 Å². The number of benzene rings is 1. The minimum atomic E-state index is -0.779. The zero-order valence-corrected chi connectivity index (χ0v) is 15.5. The van der Waals surface area contributed by atoms with Crippen LogP contribution >= 0.6 is 0 Å². The molecular weight excluding hydrogens is 362 g/mol. The highest BCUT2D eigenvalue weighted by Crippen LogP contribution is 2.21. The van der Waals surface area contributed by atoms with Crippen molar-refractivity contribution in [2.45, 2.75) is 13.8 Å². The summed E-state index contributed by atoms with van der Waals surface area (Å²) in [5.41, 5.74) is 1.16. The molecule has 0 fully saturated rings. The predicted octanol–water partition coefficient (Wildman–Crippen LogP) is 2.24. The summed E-state index contributed by atoms with van der Waals surface area (Å²) >= 11 is 0. The molecular formula is C19H19N5O4.